The molecule has 1 aromatic carbocycles. The number of nitrogens with two attached hydrogens (primary N) is 1. The lowest BCUT2D eigenvalue weighted by Crippen LogP contribution is -2.30. The molecule has 0 aliphatic carbocycles. The van der Waals surface area contributed by atoms with Gasteiger partial charge in [0, 0.05) is 13.1 Å². The molecule has 2 N–H and O–H groups in total. The third kappa shape index (κ3) is 3.09. The summed E-state index contributed by atoms with van der Waals surface area (Å²) in [5.74, 6) is 0.616. The lowest BCUT2D eigenvalue weighted by atomic mass is 10.2. The van der Waals surface area contributed by atoms with Gasteiger partial charge in [0.2, 0.25) is 10.0 Å². The number of rotatable bonds is 6. The molecule has 0 fully saturated rings. The van der Waals surface area contributed by atoms with Gasteiger partial charge in [-0.25, -0.2) is 8.42 Å². The highest BCUT2D eigenvalue weighted by atomic mass is 32.2. The number of furan rings is 1. The zero-order valence-corrected chi connectivity index (χ0v) is 12.1. The number of hydrogen-bond acceptors (Lipinski definition) is 4. The Morgan fingerprint density at radius 2 is 2.05 bits per heavy atom. The zero-order valence-electron chi connectivity index (χ0n) is 11.3. The number of benzene rings is 1. The van der Waals surface area contributed by atoms with Crippen LogP contribution < -0.4 is 5.73 Å². The monoisotopic (exact) mass is 294 g/mol. The van der Waals surface area contributed by atoms with Crippen molar-refractivity contribution in [2.24, 2.45) is 5.73 Å². The van der Waals surface area contributed by atoms with Crippen molar-refractivity contribution in [2.45, 2.75) is 24.9 Å². The molecule has 0 atom stereocenters. The quantitative estimate of drug-likeness (QED) is 0.883. The molecule has 0 aliphatic rings. The maximum atomic E-state index is 12.6. The minimum absolute atomic E-state index is 0.221. The second kappa shape index (κ2) is 6.21. The molecule has 0 bridgehead atoms. The van der Waals surface area contributed by atoms with Gasteiger partial charge >= 0.3 is 0 Å². The van der Waals surface area contributed by atoms with Crippen molar-refractivity contribution < 1.29 is 12.8 Å². The molecule has 6 heteroatoms. The van der Waals surface area contributed by atoms with Crippen LogP contribution in [0, 0.1) is 0 Å². The van der Waals surface area contributed by atoms with Gasteiger partial charge in [-0.3, -0.25) is 0 Å². The number of sulfonamides is 1. The Labute approximate surface area is 119 Å². The minimum atomic E-state index is -3.54. The standard InChI is InChI=1S/C14H18N2O3S/c1-2-16(11-13-6-4-8-19-13)20(17,18)14-7-3-5-12(9-14)10-15/h3-9H,2,10-11,15H2,1H3. The lowest BCUT2D eigenvalue weighted by molar-refractivity contribution is 0.375. The van der Waals surface area contributed by atoms with Gasteiger partial charge in [-0.2, -0.15) is 4.31 Å². The SMILES string of the molecule is CCN(Cc1ccco1)S(=O)(=O)c1cccc(CN)c1. The Bertz CT molecular complexity index is 651. The van der Waals surface area contributed by atoms with Crippen molar-refractivity contribution in [3.8, 4) is 0 Å². The Hall–Kier alpha value is -1.63. The lowest BCUT2D eigenvalue weighted by Gasteiger charge is -2.19. The Morgan fingerprint density at radius 1 is 1.25 bits per heavy atom. The predicted molar refractivity (Wildman–Crippen MR) is 76.3 cm³/mol. The highest BCUT2D eigenvalue weighted by Gasteiger charge is 2.24. The molecule has 5 nitrogen and oxygen atoms in total. The summed E-state index contributed by atoms with van der Waals surface area (Å²) in [5.41, 5.74) is 6.35. The van der Waals surface area contributed by atoms with E-state index in [2.05, 4.69) is 0 Å². The van der Waals surface area contributed by atoms with E-state index in [-0.39, 0.29) is 11.4 Å². The van der Waals surface area contributed by atoms with Crippen LogP contribution in [-0.2, 0) is 23.1 Å². The molecule has 0 aliphatic heterocycles. The van der Waals surface area contributed by atoms with Crippen LogP contribution in [0.25, 0.3) is 0 Å². The van der Waals surface area contributed by atoms with Gasteiger partial charge in [0.25, 0.3) is 0 Å². The molecule has 0 amide bonds. The second-order valence-corrected chi connectivity index (χ2v) is 6.30. The summed E-state index contributed by atoms with van der Waals surface area (Å²) >= 11 is 0. The topological polar surface area (TPSA) is 76.5 Å². The van der Waals surface area contributed by atoms with Crippen molar-refractivity contribution in [3.63, 3.8) is 0 Å². The fraction of sp³-hybridized carbons (Fsp3) is 0.286. The van der Waals surface area contributed by atoms with Crippen LogP contribution in [-0.4, -0.2) is 19.3 Å². The minimum Gasteiger partial charge on any atom is -0.468 e. The van der Waals surface area contributed by atoms with Crippen LogP contribution in [0.1, 0.15) is 18.2 Å². The highest BCUT2D eigenvalue weighted by Crippen LogP contribution is 2.19. The first kappa shape index (κ1) is 14.8. The first-order chi connectivity index (χ1) is 9.57. The molecule has 108 valence electrons. The van der Waals surface area contributed by atoms with E-state index in [0.717, 1.165) is 5.56 Å². The number of hydrogen-bond donors (Lipinski definition) is 1. The molecule has 2 aromatic rings. The van der Waals surface area contributed by atoms with E-state index < -0.39 is 10.0 Å². The van der Waals surface area contributed by atoms with E-state index in [4.69, 9.17) is 10.2 Å². The first-order valence-corrected chi connectivity index (χ1v) is 7.83. The van der Waals surface area contributed by atoms with E-state index in [1.165, 1.54) is 10.6 Å². The van der Waals surface area contributed by atoms with E-state index in [1.807, 2.05) is 6.07 Å². The van der Waals surface area contributed by atoms with E-state index in [0.29, 0.717) is 18.8 Å². The van der Waals surface area contributed by atoms with Crippen molar-refractivity contribution in [3.05, 3.63) is 54.0 Å². The zero-order chi connectivity index (χ0) is 14.6. The van der Waals surface area contributed by atoms with Gasteiger partial charge in [-0.1, -0.05) is 19.1 Å². The van der Waals surface area contributed by atoms with Crippen LogP contribution in [0.3, 0.4) is 0 Å². The third-order valence-electron chi connectivity index (χ3n) is 3.04. The molecular formula is C14H18N2O3S. The van der Waals surface area contributed by atoms with Crippen LogP contribution in [0.4, 0.5) is 0 Å². The summed E-state index contributed by atoms with van der Waals surface area (Å²) in [4.78, 5) is 0.258. The Morgan fingerprint density at radius 3 is 2.65 bits per heavy atom. The van der Waals surface area contributed by atoms with Crippen molar-refractivity contribution in [2.75, 3.05) is 6.54 Å². The number of nitrogens with zero attached hydrogens (tertiary/aromatic N) is 1. The Kier molecular flexibility index (Phi) is 4.59. The first-order valence-electron chi connectivity index (χ1n) is 6.39. The molecule has 0 radical (unpaired) electrons. The van der Waals surface area contributed by atoms with Crippen LogP contribution in [0.15, 0.2) is 52.0 Å². The van der Waals surface area contributed by atoms with Crippen molar-refractivity contribution in [1.82, 2.24) is 4.31 Å². The van der Waals surface area contributed by atoms with Crippen molar-refractivity contribution >= 4 is 10.0 Å². The summed E-state index contributed by atoms with van der Waals surface area (Å²) < 4.78 is 31.8. The maximum absolute atomic E-state index is 12.6. The average molecular weight is 294 g/mol. The van der Waals surface area contributed by atoms with E-state index in [9.17, 15) is 8.42 Å². The summed E-state index contributed by atoms with van der Waals surface area (Å²) in [6, 6.07) is 10.2. The summed E-state index contributed by atoms with van der Waals surface area (Å²) in [6.07, 6.45) is 1.53. The third-order valence-corrected chi connectivity index (χ3v) is 4.95. The molecule has 1 heterocycles. The van der Waals surface area contributed by atoms with Crippen LogP contribution in [0.2, 0.25) is 0 Å². The maximum Gasteiger partial charge on any atom is 0.243 e. The summed E-state index contributed by atoms with van der Waals surface area (Å²) in [6.45, 7) is 2.70. The molecular weight excluding hydrogens is 276 g/mol. The van der Waals surface area contributed by atoms with Gasteiger partial charge in [-0.05, 0) is 29.8 Å². The molecule has 1 aromatic heterocycles. The highest BCUT2D eigenvalue weighted by molar-refractivity contribution is 7.89. The summed E-state index contributed by atoms with van der Waals surface area (Å²) in [7, 11) is -3.54. The van der Waals surface area contributed by atoms with Gasteiger partial charge in [0.05, 0.1) is 17.7 Å². The average Bonchev–Trinajstić information content (AvgIpc) is 2.97. The van der Waals surface area contributed by atoms with Crippen molar-refractivity contribution in [1.29, 1.82) is 0 Å². The molecule has 0 saturated heterocycles. The largest absolute Gasteiger partial charge is 0.468 e. The van der Waals surface area contributed by atoms with E-state index >= 15 is 0 Å². The fourth-order valence-electron chi connectivity index (χ4n) is 1.93. The molecule has 0 saturated carbocycles. The smallest absolute Gasteiger partial charge is 0.243 e. The molecule has 0 unspecified atom stereocenters. The molecule has 2 rings (SSSR count). The van der Waals surface area contributed by atoms with Gasteiger partial charge in [-0.15, -0.1) is 0 Å². The van der Waals surface area contributed by atoms with Crippen LogP contribution >= 0.6 is 0 Å². The Balaban J connectivity index is 2.31. The van der Waals surface area contributed by atoms with Crippen LogP contribution in [0.5, 0.6) is 0 Å². The predicted octanol–water partition coefficient (Wildman–Crippen LogP) is 1.95. The normalized spacial score (nSPS) is 11.9. The summed E-state index contributed by atoms with van der Waals surface area (Å²) in [5, 5.41) is 0. The second-order valence-electron chi connectivity index (χ2n) is 4.36. The molecule has 20 heavy (non-hydrogen) atoms. The van der Waals surface area contributed by atoms with Gasteiger partial charge < -0.3 is 10.2 Å². The van der Waals surface area contributed by atoms with Gasteiger partial charge in [0.15, 0.2) is 0 Å². The molecule has 0 spiro atoms. The van der Waals surface area contributed by atoms with E-state index in [1.54, 1.807) is 37.3 Å². The fourth-order valence-corrected chi connectivity index (χ4v) is 3.41. The van der Waals surface area contributed by atoms with Gasteiger partial charge in [0.1, 0.15) is 5.76 Å².